The number of aliphatic hydroxyl groups excluding tert-OH is 1. The summed E-state index contributed by atoms with van der Waals surface area (Å²) >= 11 is 0. The summed E-state index contributed by atoms with van der Waals surface area (Å²) in [6, 6.07) is 8.06. The topological polar surface area (TPSA) is 58.6 Å². The maximum absolute atomic E-state index is 11.2. The van der Waals surface area contributed by atoms with Crippen molar-refractivity contribution in [2.24, 2.45) is 0 Å². The van der Waals surface area contributed by atoms with E-state index in [-0.39, 0.29) is 12.4 Å². The fraction of sp³-hybridized carbons (Fsp3) is 0.533. The van der Waals surface area contributed by atoms with Crippen LogP contribution in [0.3, 0.4) is 0 Å². The first-order valence-electron chi connectivity index (χ1n) is 6.70. The van der Waals surface area contributed by atoms with Crippen molar-refractivity contribution in [3.05, 3.63) is 29.8 Å². The molecule has 1 aromatic carbocycles. The predicted molar refractivity (Wildman–Crippen MR) is 76.3 cm³/mol. The number of benzene rings is 1. The number of carbonyl (C=O) groups is 1. The van der Waals surface area contributed by atoms with Crippen LogP contribution in [0.2, 0.25) is 0 Å². The molecule has 0 aliphatic carbocycles. The summed E-state index contributed by atoms with van der Waals surface area (Å²) in [4.78, 5) is 11.2. The lowest BCUT2D eigenvalue weighted by Gasteiger charge is -2.13. The Bertz CT molecular complexity index is 404. The van der Waals surface area contributed by atoms with E-state index < -0.39 is 6.10 Å². The molecule has 4 heteroatoms. The molecule has 0 spiro atoms. The first-order chi connectivity index (χ1) is 9.02. The third-order valence-corrected chi connectivity index (χ3v) is 2.80. The molecule has 4 nitrogen and oxygen atoms in total. The highest BCUT2D eigenvalue weighted by Gasteiger charge is 2.11. The molecule has 1 unspecified atom stereocenters. The van der Waals surface area contributed by atoms with Gasteiger partial charge in [-0.05, 0) is 30.5 Å². The minimum atomic E-state index is -0.734. The molecule has 0 aliphatic heterocycles. The average Bonchev–Trinajstić information content (AvgIpc) is 2.37. The SMILES string of the molecule is CCOC(=O)CC(O)CNc1cccc(C(C)C)c1. The number of hydrogen-bond acceptors (Lipinski definition) is 4. The van der Waals surface area contributed by atoms with E-state index in [1.165, 1.54) is 5.56 Å². The van der Waals surface area contributed by atoms with Crippen LogP contribution < -0.4 is 5.32 Å². The second-order valence-electron chi connectivity index (χ2n) is 4.82. The van der Waals surface area contributed by atoms with Crippen LogP contribution >= 0.6 is 0 Å². The van der Waals surface area contributed by atoms with E-state index in [9.17, 15) is 9.90 Å². The highest BCUT2D eigenvalue weighted by atomic mass is 16.5. The molecule has 1 atom stereocenters. The minimum Gasteiger partial charge on any atom is -0.466 e. The van der Waals surface area contributed by atoms with Crippen molar-refractivity contribution in [1.29, 1.82) is 0 Å². The van der Waals surface area contributed by atoms with Gasteiger partial charge in [0.05, 0.1) is 19.1 Å². The summed E-state index contributed by atoms with van der Waals surface area (Å²) in [7, 11) is 0. The molecule has 0 saturated carbocycles. The van der Waals surface area contributed by atoms with Crippen molar-refractivity contribution >= 4 is 11.7 Å². The van der Waals surface area contributed by atoms with Crippen molar-refractivity contribution in [3.8, 4) is 0 Å². The third-order valence-electron chi connectivity index (χ3n) is 2.80. The van der Waals surface area contributed by atoms with Gasteiger partial charge in [-0.15, -0.1) is 0 Å². The van der Waals surface area contributed by atoms with Gasteiger partial charge in [-0.3, -0.25) is 4.79 Å². The second kappa shape index (κ2) is 7.79. The van der Waals surface area contributed by atoms with E-state index in [2.05, 4.69) is 31.3 Å². The number of rotatable bonds is 7. The fourth-order valence-corrected chi connectivity index (χ4v) is 1.73. The zero-order chi connectivity index (χ0) is 14.3. The molecule has 1 aromatic rings. The number of esters is 1. The molecule has 0 saturated heterocycles. The highest BCUT2D eigenvalue weighted by molar-refractivity contribution is 5.70. The highest BCUT2D eigenvalue weighted by Crippen LogP contribution is 2.18. The van der Waals surface area contributed by atoms with Crippen molar-refractivity contribution < 1.29 is 14.6 Å². The van der Waals surface area contributed by atoms with E-state index in [0.29, 0.717) is 19.1 Å². The van der Waals surface area contributed by atoms with Gasteiger partial charge in [0.25, 0.3) is 0 Å². The molecule has 0 amide bonds. The number of anilines is 1. The number of ether oxygens (including phenoxy) is 1. The molecule has 0 bridgehead atoms. The molecule has 0 aliphatic rings. The standard InChI is InChI=1S/C15H23NO3/c1-4-19-15(18)9-14(17)10-16-13-7-5-6-12(8-13)11(2)3/h5-8,11,14,16-17H,4,9-10H2,1-3H3. The zero-order valence-corrected chi connectivity index (χ0v) is 11.8. The van der Waals surface area contributed by atoms with Crippen LogP contribution in [-0.4, -0.2) is 30.3 Å². The first-order valence-corrected chi connectivity index (χ1v) is 6.70. The maximum atomic E-state index is 11.2. The number of nitrogens with one attached hydrogen (secondary N) is 1. The van der Waals surface area contributed by atoms with Gasteiger partial charge in [0.2, 0.25) is 0 Å². The Balaban J connectivity index is 2.43. The van der Waals surface area contributed by atoms with Crippen LogP contribution in [0.25, 0.3) is 0 Å². The molecular formula is C15H23NO3. The van der Waals surface area contributed by atoms with Gasteiger partial charge in [0.1, 0.15) is 0 Å². The van der Waals surface area contributed by atoms with Crippen LogP contribution in [0.1, 0.15) is 38.7 Å². The summed E-state index contributed by atoms with van der Waals surface area (Å²) in [5, 5.41) is 12.9. The Labute approximate surface area is 114 Å². The van der Waals surface area contributed by atoms with E-state index in [1.54, 1.807) is 6.92 Å². The number of aliphatic hydroxyl groups is 1. The predicted octanol–water partition coefficient (Wildman–Crippen LogP) is 2.54. The molecule has 106 valence electrons. The maximum Gasteiger partial charge on any atom is 0.308 e. The van der Waals surface area contributed by atoms with Crippen LogP contribution in [-0.2, 0) is 9.53 Å². The van der Waals surface area contributed by atoms with Crippen molar-refractivity contribution in [2.75, 3.05) is 18.5 Å². The summed E-state index contributed by atoms with van der Waals surface area (Å²) in [5.41, 5.74) is 2.19. The van der Waals surface area contributed by atoms with E-state index in [0.717, 1.165) is 5.69 Å². The largest absolute Gasteiger partial charge is 0.466 e. The van der Waals surface area contributed by atoms with Crippen molar-refractivity contribution in [3.63, 3.8) is 0 Å². The van der Waals surface area contributed by atoms with Gasteiger partial charge < -0.3 is 15.2 Å². The lowest BCUT2D eigenvalue weighted by molar-refractivity contribution is -0.145. The quantitative estimate of drug-likeness (QED) is 0.744. The summed E-state index contributed by atoms with van der Waals surface area (Å²) in [6.07, 6.45) is -0.716. The Hall–Kier alpha value is -1.55. The van der Waals surface area contributed by atoms with Gasteiger partial charge in [-0.1, -0.05) is 26.0 Å². The molecule has 1 rings (SSSR count). The minimum absolute atomic E-state index is 0.0186. The van der Waals surface area contributed by atoms with Gasteiger partial charge in [0, 0.05) is 12.2 Å². The first kappa shape index (κ1) is 15.5. The molecular weight excluding hydrogens is 242 g/mol. The summed E-state index contributed by atoms with van der Waals surface area (Å²) in [6.45, 7) is 6.69. The molecule has 0 aromatic heterocycles. The normalized spacial score (nSPS) is 12.3. The molecule has 19 heavy (non-hydrogen) atoms. The molecule has 0 fully saturated rings. The number of carbonyl (C=O) groups excluding carboxylic acids is 1. The Morgan fingerprint density at radius 2 is 2.16 bits per heavy atom. The Kier molecular flexibility index (Phi) is 6.36. The fourth-order valence-electron chi connectivity index (χ4n) is 1.73. The van der Waals surface area contributed by atoms with Crippen LogP contribution in [0, 0.1) is 0 Å². The smallest absolute Gasteiger partial charge is 0.308 e. The van der Waals surface area contributed by atoms with Crippen molar-refractivity contribution in [1.82, 2.24) is 0 Å². The van der Waals surface area contributed by atoms with E-state index in [1.807, 2.05) is 12.1 Å². The van der Waals surface area contributed by atoms with Gasteiger partial charge in [0.15, 0.2) is 0 Å². The van der Waals surface area contributed by atoms with E-state index >= 15 is 0 Å². The molecule has 2 N–H and O–H groups in total. The van der Waals surface area contributed by atoms with Gasteiger partial charge in [-0.2, -0.15) is 0 Å². The van der Waals surface area contributed by atoms with Crippen LogP contribution in [0.4, 0.5) is 5.69 Å². The summed E-state index contributed by atoms with van der Waals surface area (Å²) in [5.74, 6) is 0.0962. The van der Waals surface area contributed by atoms with Crippen LogP contribution in [0.5, 0.6) is 0 Å². The van der Waals surface area contributed by atoms with Crippen LogP contribution in [0.15, 0.2) is 24.3 Å². The third kappa shape index (κ3) is 5.75. The Morgan fingerprint density at radius 3 is 2.79 bits per heavy atom. The lowest BCUT2D eigenvalue weighted by atomic mass is 10.0. The van der Waals surface area contributed by atoms with Crippen molar-refractivity contribution in [2.45, 2.75) is 39.2 Å². The second-order valence-corrected chi connectivity index (χ2v) is 4.82. The van der Waals surface area contributed by atoms with Gasteiger partial charge in [-0.25, -0.2) is 0 Å². The monoisotopic (exact) mass is 265 g/mol. The molecule has 0 heterocycles. The average molecular weight is 265 g/mol. The zero-order valence-electron chi connectivity index (χ0n) is 11.8. The summed E-state index contributed by atoms with van der Waals surface area (Å²) < 4.78 is 4.79. The van der Waals surface area contributed by atoms with Gasteiger partial charge >= 0.3 is 5.97 Å². The lowest BCUT2D eigenvalue weighted by Crippen LogP contribution is -2.23. The number of hydrogen-bond donors (Lipinski definition) is 2. The molecule has 0 radical (unpaired) electrons. The van der Waals surface area contributed by atoms with E-state index in [4.69, 9.17) is 4.74 Å². The Morgan fingerprint density at radius 1 is 1.42 bits per heavy atom.